The smallest absolute Gasteiger partial charge is 0.337 e. The van der Waals surface area contributed by atoms with E-state index in [1.807, 2.05) is 12.1 Å². The highest BCUT2D eigenvalue weighted by Gasteiger charge is 2.09. The molecule has 0 aliphatic heterocycles. The minimum Gasteiger partial charge on any atom is -0.465 e. The standard InChI is InChI=1S/C14H12BrClN2O2/c1-20-14(19)8-2-4-13(11(17)6-8)18-12-5-3-9(15)7-10(12)16/h2-7,18H,17H2,1H3. The summed E-state index contributed by atoms with van der Waals surface area (Å²) in [5, 5.41) is 3.69. The SMILES string of the molecule is COC(=O)c1ccc(Nc2ccc(Br)cc2Cl)c(N)c1. The molecule has 3 N–H and O–H groups in total. The first-order chi connectivity index (χ1) is 9.51. The number of nitrogens with one attached hydrogen (secondary N) is 1. The molecule has 0 aromatic heterocycles. The molecule has 0 amide bonds. The molecule has 2 rings (SSSR count). The monoisotopic (exact) mass is 354 g/mol. The molecule has 0 radical (unpaired) electrons. The third kappa shape index (κ3) is 3.23. The van der Waals surface area contributed by atoms with Crippen molar-refractivity contribution >= 4 is 50.6 Å². The predicted molar refractivity (Wildman–Crippen MR) is 84.6 cm³/mol. The predicted octanol–water partition coefficient (Wildman–Crippen LogP) is 4.21. The van der Waals surface area contributed by atoms with E-state index in [-0.39, 0.29) is 0 Å². The molecule has 0 aliphatic carbocycles. The number of nitrogens with two attached hydrogens (primary N) is 1. The molecule has 0 aliphatic rings. The van der Waals surface area contributed by atoms with Crippen LogP contribution in [0.1, 0.15) is 10.4 Å². The highest BCUT2D eigenvalue weighted by atomic mass is 79.9. The van der Waals surface area contributed by atoms with Gasteiger partial charge in [0.15, 0.2) is 0 Å². The first-order valence-electron chi connectivity index (χ1n) is 5.71. The average Bonchev–Trinajstić information content (AvgIpc) is 2.42. The van der Waals surface area contributed by atoms with Crippen LogP contribution in [-0.4, -0.2) is 13.1 Å². The minimum absolute atomic E-state index is 0.400. The van der Waals surface area contributed by atoms with Crippen LogP contribution in [0.2, 0.25) is 5.02 Å². The second kappa shape index (κ2) is 6.15. The third-order valence-electron chi connectivity index (χ3n) is 2.67. The fourth-order valence-corrected chi connectivity index (χ4v) is 2.38. The Kier molecular flexibility index (Phi) is 4.52. The number of halogens is 2. The van der Waals surface area contributed by atoms with Crippen molar-refractivity contribution < 1.29 is 9.53 Å². The molecule has 2 aromatic carbocycles. The molecular weight excluding hydrogens is 344 g/mol. The number of nitrogen functional groups attached to an aromatic ring is 1. The second-order valence-corrected chi connectivity index (χ2v) is 5.37. The maximum Gasteiger partial charge on any atom is 0.337 e. The van der Waals surface area contributed by atoms with Crippen molar-refractivity contribution in [2.45, 2.75) is 0 Å². The highest BCUT2D eigenvalue weighted by Crippen LogP contribution is 2.31. The van der Waals surface area contributed by atoms with E-state index in [4.69, 9.17) is 17.3 Å². The number of benzene rings is 2. The summed E-state index contributed by atoms with van der Waals surface area (Å²) in [7, 11) is 1.33. The lowest BCUT2D eigenvalue weighted by molar-refractivity contribution is 0.0601. The number of methoxy groups -OCH3 is 1. The summed E-state index contributed by atoms with van der Waals surface area (Å²) in [6.07, 6.45) is 0. The number of esters is 1. The number of rotatable bonds is 3. The largest absolute Gasteiger partial charge is 0.465 e. The van der Waals surface area contributed by atoms with Gasteiger partial charge >= 0.3 is 5.97 Å². The summed E-state index contributed by atoms with van der Waals surface area (Å²) in [4.78, 5) is 11.4. The van der Waals surface area contributed by atoms with E-state index >= 15 is 0 Å². The zero-order valence-corrected chi connectivity index (χ0v) is 13.0. The van der Waals surface area contributed by atoms with Crippen LogP contribution in [0.4, 0.5) is 17.1 Å². The number of anilines is 3. The van der Waals surface area contributed by atoms with E-state index < -0.39 is 5.97 Å². The minimum atomic E-state index is -0.426. The van der Waals surface area contributed by atoms with Crippen LogP contribution >= 0.6 is 27.5 Å². The van der Waals surface area contributed by atoms with Crippen LogP contribution in [0.15, 0.2) is 40.9 Å². The molecule has 104 valence electrons. The van der Waals surface area contributed by atoms with Crippen molar-refractivity contribution in [2.75, 3.05) is 18.2 Å². The van der Waals surface area contributed by atoms with E-state index in [1.54, 1.807) is 24.3 Å². The number of ether oxygens (including phenoxy) is 1. The highest BCUT2D eigenvalue weighted by molar-refractivity contribution is 9.10. The molecule has 0 saturated carbocycles. The lowest BCUT2D eigenvalue weighted by Gasteiger charge is -2.12. The van der Waals surface area contributed by atoms with Crippen molar-refractivity contribution in [3.63, 3.8) is 0 Å². The van der Waals surface area contributed by atoms with Crippen LogP contribution in [0, 0.1) is 0 Å². The molecule has 0 heterocycles. The Morgan fingerprint density at radius 2 is 1.95 bits per heavy atom. The summed E-state index contributed by atoms with van der Waals surface area (Å²) < 4.78 is 5.53. The number of hydrogen-bond donors (Lipinski definition) is 2. The quantitative estimate of drug-likeness (QED) is 0.639. The first-order valence-corrected chi connectivity index (χ1v) is 6.88. The van der Waals surface area contributed by atoms with Gasteiger partial charge < -0.3 is 15.8 Å². The molecule has 0 bridgehead atoms. The normalized spacial score (nSPS) is 10.2. The van der Waals surface area contributed by atoms with Gasteiger partial charge in [0.05, 0.1) is 34.8 Å². The molecule has 6 heteroatoms. The Bertz CT molecular complexity index is 662. The van der Waals surface area contributed by atoms with Gasteiger partial charge in [0.1, 0.15) is 0 Å². The van der Waals surface area contributed by atoms with Crippen molar-refractivity contribution in [3.8, 4) is 0 Å². The van der Waals surface area contributed by atoms with Gasteiger partial charge in [-0.05, 0) is 36.4 Å². The average molecular weight is 356 g/mol. The van der Waals surface area contributed by atoms with Gasteiger partial charge in [0, 0.05) is 4.47 Å². The van der Waals surface area contributed by atoms with Crippen LogP contribution in [-0.2, 0) is 4.74 Å². The molecule has 20 heavy (non-hydrogen) atoms. The zero-order valence-electron chi connectivity index (χ0n) is 10.6. The number of carbonyl (C=O) groups is 1. The van der Waals surface area contributed by atoms with Gasteiger partial charge in [0.2, 0.25) is 0 Å². The molecular formula is C14H12BrClN2O2. The summed E-state index contributed by atoms with van der Waals surface area (Å²) in [5.41, 5.74) is 8.15. The van der Waals surface area contributed by atoms with Gasteiger partial charge in [-0.25, -0.2) is 4.79 Å². The Morgan fingerprint density at radius 3 is 2.55 bits per heavy atom. The Morgan fingerprint density at radius 1 is 1.25 bits per heavy atom. The van der Waals surface area contributed by atoms with Crippen LogP contribution in [0.25, 0.3) is 0 Å². The van der Waals surface area contributed by atoms with Gasteiger partial charge in [-0.3, -0.25) is 0 Å². The van der Waals surface area contributed by atoms with E-state index in [0.29, 0.717) is 22.0 Å². The van der Waals surface area contributed by atoms with Crippen LogP contribution in [0.5, 0.6) is 0 Å². The van der Waals surface area contributed by atoms with Crippen LogP contribution in [0.3, 0.4) is 0 Å². The molecule has 0 fully saturated rings. The van der Waals surface area contributed by atoms with Crippen molar-refractivity contribution in [1.82, 2.24) is 0 Å². The van der Waals surface area contributed by atoms with Gasteiger partial charge in [0.25, 0.3) is 0 Å². The Balaban J connectivity index is 2.28. The van der Waals surface area contributed by atoms with E-state index in [0.717, 1.165) is 10.2 Å². The second-order valence-electron chi connectivity index (χ2n) is 4.04. The van der Waals surface area contributed by atoms with E-state index in [1.165, 1.54) is 7.11 Å². The van der Waals surface area contributed by atoms with Crippen molar-refractivity contribution in [2.24, 2.45) is 0 Å². The summed E-state index contributed by atoms with van der Waals surface area (Å²) in [5.74, 6) is -0.426. The van der Waals surface area contributed by atoms with E-state index in [2.05, 4.69) is 26.0 Å². The lowest BCUT2D eigenvalue weighted by Crippen LogP contribution is -2.04. The Labute approximate surface area is 130 Å². The number of hydrogen-bond acceptors (Lipinski definition) is 4. The fraction of sp³-hybridized carbons (Fsp3) is 0.0714. The summed E-state index contributed by atoms with van der Waals surface area (Å²) in [6.45, 7) is 0. The van der Waals surface area contributed by atoms with Gasteiger partial charge in [-0.2, -0.15) is 0 Å². The van der Waals surface area contributed by atoms with Gasteiger partial charge in [-0.15, -0.1) is 0 Å². The van der Waals surface area contributed by atoms with Crippen molar-refractivity contribution in [3.05, 3.63) is 51.5 Å². The molecule has 0 unspecified atom stereocenters. The maximum atomic E-state index is 11.4. The van der Waals surface area contributed by atoms with E-state index in [9.17, 15) is 4.79 Å². The topological polar surface area (TPSA) is 64.3 Å². The van der Waals surface area contributed by atoms with Crippen molar-refractivity contribution in [1.29, 1.82) is 0 Å². The summed E-state index contributed by atoms with van der Waals surface area (Å²) >= 11 is 9.47. The molecule has 4 nitrogen and oxygen atoms in total. The summed E-state index contributed by atoms with van der Waals surface area (Å²) in [6, 6.07) is 10.4. The number of carbonyl (C=O) groups excluding carboxylic acids is 1. The third-order valence-corrected chi connectivity index (χ3v) is 3.48. The molecule has 0 atom stereocenters. The zero-order chi connectivity index (χ0) is 14.7. The lowest BCUT2D eigenvalue weighted by atomic mass is 10.1. The Hall–Kier alpha value is -1.72. The molecule has 0 spiro atoms. The maximum absolute atomic E-state index is 11.4. The fourth-order valence-electron chi connectivity index (χ4n) is 1.66. The van der Waals surface area contributed by atoms with Gasteiger partial charge in [-0.1, -0.05) is 27.5 Å². The first kappa shape index (κ1) is 14.7. The van der Waals surface area contributed by atoms with Crippen LogP contribution < -0.4 is 11.1 Å². The molecule has 0 saturated heterocycles. The molecule has 2 aromatic rings.